The summed E-state index contributed by atoms with van der Waals surface area (Å²) in [6, 6.07) is 9.98. The van der Waals surface area contributed by atoms with E-state index in [-0.39, 0.29) is 0 Å². The summed E-state index contributed by atoms with van der Waals surface area (Å²) in [5.74, 6) is -0.395. The minimum Gasteiger partial charge on any atom is -0.467 e. The van der Waals surface area contributed by atoms with Gasteiger partial charge in [-0.25, -0.2) is 0 Å². The standard InChI is InChI=1S/C14H16Cl3NO/c1-3-13(2,19-12(18)14(15,16)17)10-9-11-7-5-4-6-8-11/h3-8,18H,1,9-10H2,2H3. The Labute approximate surface area is 128 Å². The third-order valence-electron chi connectivity index (χ3n) is 2.78. The molecular weight excluding hydrogens is 305 g/mol. The van der Waals surface area contributed by atoms with E-state index in [1.165, 1.54) is 5.56 Å². The third kappa shape index (κ3) is 5.43. The number of alkyl halides is 3. The minimum atomic E-state index is -1.85. The molecule has 0 aromatic heterocycles. The van der Waals surface area contributed by atoms with Crippen molar-refractivity contribution in [3.8, 4) is 0 Å². The predicted octanol–water partition coefficient (Wildman–Crippen LogP) is 4.93. The molecule has 0 radical (unpaired) electrons. The maximum absolute atomic E-state index is 7.62. The van der Waals surface area contributed by atoms with Crippen molar-refractivity contribution >= 4 is 40.7 Å². The first-order valence-electron chi connectivity index (χ1n) is 5.79. The lowest BCUT2D eigenvalue weighted by molar-refractivity contribution is 0.112. The van der Waals surface area contributed by atoms with Crippen LogP contribution in [0, 0.1) is 5.41 Å². The first kappa shape index (κ1) is 16.4. The molecule has 1 aromatic rings. The van der Waals surface area contributed by atoms with Gasteiger partial charge < -0.3 is 4.74 Å². The van der Waals surface area contributed by atoms with Crippen LogP contribution >= 0.6 is 34.8 Å². The highest BCUT2D eigenvalue weighted by Gasteiger charge is 2.34. The lowest BCUT2D eigenvalue weighted by Gasteiger charge is -2.29. The molecule has 0 aliphatic carbocycles. The quantitative estimate of drug-likeness (QED) is 0.355. The van der Waals surface area contributed by atoms with E-state index in [0.29, 0.717) is 6.42 Å². The molecule has 1 N–H and O–H groups in total. The molecule has 0 heterocycles. The van der Waals surface area contributed by atoms with Gasteiger partial charge in [0.05, 0.1) is 0 Å². The van der Waals surface area contributed by atoms with E-state index in [9.17, 15) is 0 Å². The predicted molar refractivity (Wildman–Crippen MR) is 82.5 cm³/mol. The van der Waals surface area contributed by atoms with Gasteiger partial charge in [-0.2, -0.15) is 0 Å². The second-order valence-corrected chi connectivity index (χ2v) is 6.71. The topological polar surface area (TPSA) is 33.1 Å². The molecule has 1 rings (SSSR count). The average molecular weight is 321 g/mol. The van der Waals surface area contributed by atoms with Gasteiger partial charge in [0.1, 0.15) is 5.60 Å². The second kappa shape index (κ2) is 6.65. The molecule has 1 aromatic carbocycles. The van der Waals surface area contributed by atoms with Gasteiger partial charge in [0.25, 0.3) is 3.79 Å². The number of rotatable bonds is 5. The molecule has 1 atom stereocenters. The summed E-state index contributed by atoms with van der Waals surface area (Å²) in [7, 11) is 0. The zero-order valence-corrected chi connectivity index (χ0v) is 12.9. The molecule has 0 spiro atoms. The molecule has 0 bridgehead atoms. The Hall–Kier alpha value is -0.700. The van der Waals surface area contributed by atoms with Gasteiger partial charge in [0.15, 0.2) is 0 Å². The fourth-order valence-corrected chi connectivity index (χ4v) is 1.64. The lowest BCUT2D eigenvalue weighted by atomic mass is 9.96. The summed E-state index contributed by atoms with van der Waals surface area (Å²) < 4.78 is 3.59. The Morgan fingerprint density at radius 1 is 1.32 bits per heavy atom. The van der Waals surface area contributed by atoms with Crippen LogP contribution in [0.3, 0.4) is 0 Å². The van der Waals surface area contributed by atoms with Crippen molar-refractivity contribution in [2.45, 2.75) is 29.2 Å². The SMILES string of the molecule is C=CC(C)(CCc1ccccc1)OC(=N)C(Cl)(Cl)Cl. The van der Waals surface area contributed by atoms with Crippen molar-refractivity contribution < 1.29 is 4.74 Å². The number of halogens is 3. The van der Waals surface area contributed by atoms with Crippen LogP contribution in [0.2, 0.25) is 0 Å². The van der Waals surface area contributed by atoms with E-state index in [1.54, 1.807) is 6.08 Å². The van der Waals surface area contributed by atoms with Crippen LogP contribution in [0.5, 0.6) is 0 Å². The number of hydrogen-bond acceptors (Lipinski definition) is 2. The van der Waals surface area contributed by atoms with Crippen molar-refractivity contribution in [1.29, 1.82) is 5.41 Å². The fraction of sp³-hybridized carbons (Fsp3) is 0.357. The van der Waals surface area contributed by atoms with Gasteiger partial charge in [0, 0.05) is 0 Å². The smallest absolute Gasteiger partial charge is 0.265 e. The fourth-order valence-electron chi connectivity index (χ4n) is 1.52. The van der Waals surface area contributed by atoms with Crippen molar-refractivity contribution in [3.63, 3.8) is 0 Å². The maximum Gasteiger partial charge on any atom is 0.265 e. The Morgan fingerprint density at radius 2 is 1.89 bits per heavy atom. The molecule has 0 saturated carbocycles. The van der Waals surface area contributed by atoms with Crippen molar-refractivity contribution in [1.82, 2.24) is 0 Å². The van der Waals surface area contributed by atoms with Crippen LogP contribution in [-0.4, -0.2) is 15.3 Å². The normalized spacial score (nSPS) is 14.5. The van der Waals surface area contributed by atoms with Gasteiger partial charge in [-0.1, -0.05) is 71.7 Å². The Morgan fingerprint density at radius 3 is 2.37 bits per heavy atom. The molecule has 0 saturated heterocycles. The number of hydrogen-bond donors (Lipinski definition) is 1. The molecule has 0 aliphatic rings. The number of aryl methyl sites for hydroxylation is 1. The van der Waals surface area contributed by atoms with E-state index in [1.807, 2.05) is 37.3 Å². The zero-order valence-electron chi connectivity index (χ0n) is 10.6. The first-order valence-corrected chi connectivity index (χ1v) is 6.92. The Bertz CT molecular complexity index is 442. The highest BCUT2D eigenvalue weighted by atomic mass is 35.6. The van der Waals surface area contributed by atoms with Crippen molar-refractivity contribution in [2.24, 2.45) is 0 Å². The van der Waals surface area contributed by atoms with E-state index >= 15 is 0 Å². The van der Waals surface area contributed by atoms with E-state index in [0.717, 1.165) is 6.42 Å². The van der Waals surface area contributed by atoms with Gasteiger partial charge in [-0.15, -0.1) is 0 Å². The van der Waals surface area contributed by atoms with Crippen LogP contribution in [0.4, 0.5) is 0 Å². The van der Waals surface area contributed by atoms with E-state index < -0.39 is 15.3 Å². The minimum absolute atomic E-state index is 0.395. The summed E-state index contributed by atoms with van der Waals surface area (Å²) in [6.07, 6.45) is 3.06. The molecule has 0 aliphatic heterocycles. The zero-order chi connectivity index (χ0) is 14.5. The molecule has 104 valence electrons. The average Bonchev–Trinajstić information content (AvgIpc) is 2.36. The lowest BCUT2D eigenvalue weighted by Crippen LogP contribution is -2.35. The van der Waals surface area contributed by atoms with E-state index in [4.69, 9.17) is 44.9 Å². The maximum atomic E-state index is 7.62. The van der Waals surface area contributed by atoms with Gasteiger partial charge >= 0.3 is 0 Å². The number of nitrogens with one attached hydrogen (secondary N) is 1. The third-order valence-corrected chi connectivity index (χ3v) is 3.29. The molecule has 19 heavy (non-hydrogen) atoms. The Kier molecular flexibility index (Phi) is 5.72. The largest absolute Gasteiger partial charge is 0.467 e. The van der Waals surface area contributed by atoms with Crippen LogP contribution in [0.1, 0.15) is 18.9 Å². The Balaban J connectivity index is 2.66. The van der Waals surface area contributed by atoms with E-state index in [2.05, 4.69) is 6.58 Å². The monoisotopic (exact) mass is 319 g/mol. The molecular formula is C14H16Cl3NO. The first-order chi connectivity index (χ1) is 8.77. The molecule has 2 nitrogen and oxygen atoms in total. The van der Waals surface area contributed by atoms with Crippen molar-refractivity contribution in [3.05, 3.63) is 48.6 Å². The van der Waals surface area contributed by atoms with Crippen molar-refractivity contribution in [2.75, 3.05) is 0 Å². The van der Waals surface area contributed by atoms with Gasteiger partial charge in [-0.3, -0.25) is 5.41 Å². The highest BCUT2D eigenvalue weighted by Crippen LogP contribution is 2.31. The number of ether oxygens (including phenoxy) is 1. The van der Waals surface area contributed by atoms with Crippen LogP contribution in [0.15, 0.2) is 43.0 Å². The second-order valence-electron chi connectivity index (χ2n) is 4.43. The summed E-state index contributed by atoms with van der Waals surface area (Å²) in [4.78, 5) is 0. The molecule has 5 heteroatoms. The van der Waals surface area contributed by atoms with Crippen LogP contribution < -0.4 is 0 Å². The van der Waals surface area contributed by atoms with Gasteiger partial charge in [-0.05, 0) is 31.4 Å². The highest BCUT2D eigenvalue weighted by molar-refractivity contribution is 6.76. The summed E-state index contributed by atoms with van der Waals surface area (Å²) >= 11 is 16.8. The number of benzene rings is 1. The summed E-state index contributed by atoms with van der Waals surface area (Å²) in [6.45, 7) is 5.54. The molecule has 0 fully saturated rings. The molecule has 0 amide bonds. The van der Waals surface area contributed by atoms with Gasteiger partial charge in [0.2, 0.25) is 5.90 Å². The summed E-state index contributed by atoms with van der Waals surface area (Å²) in [5.41, 5.74) is 0.441. The van der Waals surface area contributed by atoms with Crippen LogP contribution in [0.25, 0.3) is 0 Å². The molecule has 1 unspecified atom stereocenters. The van der Waals surface area contributed by atoms with Crippen LogP contribution in [-0.2, 0) is 11.2 Å². The summed E-state index contributed by atoms with van der Waals surface area (Å²) in [5, 5.41) is 7.62.